The van der Waals surface area contributed by atoms with Gasteiger partial charge in [-0.05, 0) is 60.6 Å². The quantitative estimate of drug-likeness (QED) is 0.171. The Hall–Kier alpha value is -3.60. The summed E-state index contributed by atoms with van der Waals surface area (Å²) in [5.74, 6) is -0.397. The summed E-state index contributed by atoms with van der Waals surface area (Å²) in [5, 5.41) is 15.2. The van der Waals surface area contributed by atoms with E-state index in [9.17, 15) is 27.6 Å². The third-order valence-electron chi connectivity index (χ3n) is 7.80. The van der Waals surface area contributed by atoms with E-state index in [1.54, 1.807) is 64.3 Å². The van der Waals surface area contributed by atoms with E-state index >= 15 is 0 Å². The molecule has 3 N–H and O–H groups in total. The molecule has 0 spiro atoms. The molecule has 0 saturated heterocycles. The molecule has 9 nitrogen and oxygen atoms in total. The predicted molar refractivity (Wildman–Crippen MR) is 168 cm³/mol. The van der Waals surface area contributed by atoms with Gasteiger partial charge in [0.2, 0.25) is 12.1 Å². The van der Waals surface area contributed by atoms with Crippen molar-refractivity contribution in [1.82, 2.24) is 14.9 Å². The highest BCUT2D eigenvalue weighted by atomic mass is 31.1. The van der Waals surface area contributed by atoms with Gasteiger partial charge in [-0.15, -0.1) is 4.52 Å². The lowest BCUT2D eigenvalue weighted by molar-refractivity contribution is -0.137. The third kappa shape index (κ3) is 9.69. The molecule has 0 radical (unpaired) electrons. The molecule has 4 rings (SSSR count). The Labute approximate surface area is 262 Å². The summed E-state index contributed by atoms with van der Waals surface area (Å²) in [7, 11) is 1.15. The number of hydrogen-bond acceptors (Lipinski definition) is 8. The maximum Gasteiger partial charge on any atom is 0.513 e. The van der Waals surface area contributed by atoms with Crippen LogP contribution in [0.3, 0.4) is 0 Å². The lowest BCUT2D eigenvalue weighted by Crippen LogP contribution is -2.23. The first-order valence-corrected chi connectivity index (χ1v) is 16.4. The van der Waals surface area contributed by atoms with Crippen LogP contribution < -0.4 is 10.6 Å². The Morgan fingerprint density at radius 2 is 1.73 bits per heavy atom. The van der Waals surface area contributed by atoms with Crippen LogP contribution >= 0.6 is 8.03 Å². The molecule has 0 bridgehead atoms. The minimum atomic E-state index is -4.75. The van der Waals surface area contributed by atoms with Crippen LogP contribution in [0.4, 0.5) is 36.3 Å². The highest BCUT2D eigenvalue weighted by Gasteiger charge is 2.36. The summed E-state index contributed by atoms with van der Waals surface area (Å²) in [6.07, 6.45) is 1.40. The first-order valence-electron chi connectivity index (χ1n) is 15.0. The number of hydrogen-bond donors (Lipinski definition) is 3. The van der Waals surface area contributed by atoms with E-state index in [1.807, 2.05) is 6.07 Å². The minimum absolute atomic E-state index is 0.0900. The minimum Gasteiger partial charge on any atom is -0.391 e. The first-order chi connectivity index (χ1) is 21.3. The molecule has 3 aromatic rings. The molecule has 13 heteroatoms. The summed E-state index contributed by atoms with van der Waals surface area (Å²) in [6.45, 7) is 3.18. The molecular formula is C32H40F3N5O4P+. The van der Waals surface area contributed by atoms with E-state index in [1.165, 1.54) is 24.2 Å². The van der Waals surface area contributed by atoms with Gasteiger partial charge in [0.05, 0.1) is 17.4 Å². The molecule has 45 heavy (non-hydrogen) atoms. The van der Waals surface area contributed by atoms with Crippen LogP contribution in [0.25, 0.3) is 0 Å². The number of amides is 1. The van der Waals surface area contributed by atoms with Crippen LogP contribution in [0.5, 0.6) is 0 Å². The molecule has 1 aliphatic rings. The van der Waals surface area contributed by atoms with Gasteiger partial charge in [-0.2, -0.15) is 18.2 Å². The van der Waals surface area contributed by atoms with E-state index in [0.29, 0.717) is 23.4 Å². The normalized spacial score (nSPS) is 15.7. The Kier molecular flexibility index (Phi) is 11.5. The topological polar surface area (TPSA) is 117 Å². The zero-order valence-electron chi connectivity index (χ0n) is 25.9. The Bertz CT molecular complexity index is 1480. The van der Waals surface area contributed by atoms with Crippen LogP contribution in [0.15, 0.2) is 48.7 Å². The average Bonchev–Trinajstić information content (AvgIpc) is 2.98. The smallest absolute Gasteiger partial charge is 0.391 e. The second kappa shape index (κ2) is 15.1. The Balaban J connectivity index is 1.56. The summed E-state index contributed by atoms with van der Waals surface area (Å²) < 4.78 is 59.7. The van der Waals surface area contributed by atoms with Gasteiger partial charge in [-0.3, -0.25) is 4.79 Å². The highest BCUT2D eigenvalue weighted by molar-refractivity contribution is 7.38. The molecule has 242 valence electrons. The van der Waals surface area contributed by atoms with Crippen LogP contribution in [0.2, 0.25) is 0 Å². The second-order valence-electron chi connectivity index (χ2n) is 11.7. The second-order valence-corrected chi connectivity index (χ2v) is 12.9. The van der Waals surface area contributed by atoms with E-state index in [0.717, 1.165) is 24.8 Å². The Morgan fingerprint density at radius 3 is 2.36 bits per heavy atom. The van der Waals surface area contributed by atoms with Gasteiger partial charge < -0.3 is 20.6 Å². The van der Waals surface area contributed by atoms with Gasteiger partial charge in [0.15, 0.2) is 0 Å². The zero-order valence-corrected chi connectivity index (χ0v) is 26.8. The molecule has 1 heterocycles. The number of nitrogens with one attached hydrogen (secondary N) is 2. The number of rotatable bonds is 12. The van der Waals surface area contributed by atoms with E-state index in [-0.39, 0.29) is 29.3 Å². The number of halogens is 3. The molecule has 3 unspecified atom stereocenters. The number of alkyl halides is 3. The number of carbonyl (C=O) groups excluding carboxylic acids is 1. The molecule has 1 aliphatic carbocycles. The van der Waals surface area contributed by atoms with Crippen molar-refractivity contribution in [2.45, 2.75) is 76.9 Å². The van der Waals surface area contributed by atoms with Gasteiger partial charge in [-0.25, -0.2) is 4.98 Å². The SMILES string of the molecule is CC(O)C(C)O[P+](=O)Cc1ccc(Nc2ncc(C(F)(F)F)c(Nc3ccc(CC4CCCCC4)cc3C(=O)N(C)C)n2)cc1. The van der Waals surface area contributed by atoms with Gasteiger partial charge in [-0.1, -0.05) is 50.3 Å². The van der Waals surface area contributed by atoms with Crippen molar-refractivity contribution in [3.05, 3.63) is 70.9 Å². The maximum atomic E-state index is 14.0. The van der Waals surface area contributed by atoms with E-state index in [4.69, 9.17) is 4.52 Å². The molecule has 1 saturated carbocycles. The number of aromatic nitrogens is 2. The number of aliphatic hydroxyl groups is 1. The maximum absolute atomic E-state index is 14.0. The van der Waals surface area contributed by atoms with Gasteiger partial charge >= 0.3 is 14.2 Å². The van der Waals surface area contributed by atoms with E-state index in [2.05, 4.69) is 20.6 Å². The molecule has 1 aromatic heterocycles. The van der Waals surface area contributed by atoms with Crippen LogP contribution in [0, 0.1) is 5.92 Å². The van der Waals surface area contributed by atoms with Crippen molar-refractivity contribution in [1.29, 1.82) is 0 Å². The lowest BCUT2D eigenvalue weighted by atomic mass is 9.84. The lowest BCUT2D eigenvalue weighted by Gasteiger charge is -2.23. The third-order valence-corrected chi connectivity index (χ3v) is 8.99. The number of anilines is 4. The van der Waals surface area contributed by atoms with Crippen molar-refractivity contribution >= 4 is 37.1 Å². The zero-order chi connectivity index (χ0) is 32.7. The fourth-order valence-electron chi connectivity index (χ4n) is 5.12. The summed E-state index contributed by atoms with van der Waals surface area (Å²) in [4.78, 5) is 22.6. The van der Waals surface area contributed by atoms with Crippen molar-refractivity contribution in [3.8, 4) is 0 Å². The number of carbonyl (C=O) groups is 1. The molecule has 3 atom stereocenters. The molecule has 1 amide bonds. The number of aliphatic hydroxyl groups excluding tert-OH is 1. The fourth-order valence-corrected chi connectivity index (χ4v) is 6.26. The van der Waals surface area contributed by atoms with Crippen LogP contribution in [0.1, 0.15) is 73.0 Å². The van der Waals surface area contributed by atoms with Gasteiger partial charge in [0.1, 0.15) is 17.5 Å². The standard InChI is InChI=1S/C32H39F3N5O4P/c1-20(41)21(2)44-45(43)19-23-10-13-25(14-11-23)37-31-36-18-27(32(33,34)35)29(39-31)38-28-15-12-24(16-22-8-6-5-7-9-22)17-26(28)30(42)40(3)4/h10-15,17-18,20-22,41H,5-9,16,19H2,1-4H3,(H-,36,37,38,39,42)/p+1. The van der Waals surface area contributed by atoms with Crippen molar-refractivity contribution in [2.75, 3.05) is 24.7 Å². The highest BCUT2D eigenvalue weighted by Crippen LogP contribution is 2.37. The molecule has 1 fully saturated rings. The van der Waals surface area contributed by atoms with Crippen LogP contribution in [-0.4, -0.2) is 52.2 Å². The summed E-state index contributed by atoms with van der Waals surface area (Å²) in [5.41, 5.74) is 1.56. The van der Waals surface area contributed by atoms with Crippen molar-refractivity contribution in [3.63, 3.8) is 0 Å². The summed E-state index contributed by atoms with van der Waals surface area (Å²) in [6, 6.07) is 12.0. The molecule has 0 aliphatic heterocycles. The van der Waals surface area contributed by atoms with Crippen molar-refractivity contribution < 1.29 is 32.2 Å². The molecular weight excluding hydrogens is 606 g/mol. The first kappa shape index (κ1) is 34.3. The predicted octanol–water partition coefficient (Wildman–Crippen LogP) is 7.84. The van der Waals surface area contributed by atoms with E-state index < -0.39 is 37.8 Å². The largest absolute Gasteiger partial charge is 0.513 e. The van der Waals surface area contributed by atoms with Crippen LogP contribution in [-0.2, 0) is 27.8 Å². The monoisotopic (exact) mass is 646 g/mol. The Morgan fingerprint density at radius 1 is 1.07 bits per heavy atom. The number of nitrogens with zero attached hydrogens (tertiary/aromatic N) is 3. The fraction of sp³-hybridized carbons (Fsp3) is 0.469. The molecule has 2 aromatic carbocycles. The number of benzene rings is 2. The van der Waals surface area contributed by atoms with Crippen molar-refractivity contribution in [2.24, 2.45) is 5.92 Å². The average molecular weight is 647 g/mol. The summed E-state index contributed by atoms with van der Waals surface area (Å²) >= 11 is 0. The van der Waals surface area contributed by atoms with Gasteiger partial charge in [0, 0.05) is 31.5 Å². The van der Waals surface area contributed by atoms with Gasteiger partial charge in [0.25, 0.3) is 5.91 Å².